The van der Waals surface area contributed by atoms with Gasteiger partial charge in [-0.15, -0.1) is 0 Å². The fourth-order valence-corrected chi connectivity index (χ4v) is 2.29. The number of aromatic nitrogens is 1. The molecule has 2 heterocycles. The molecule has 0 bridgehead atoms. The Bertz CT molecular complexity index is 489. The Morgan fingerprint density at radius 2 is 2.15 bits per heavy atom. The monoisotopic (exact) mass is 278 g/mol. The topological polar surface area (TPSA) is 79.6 Å². The summed E-state index contributed by atoms with van der Waals surface area (Å²) in [6.07, 6.45) is 2.68. The first kappa shape index (κ1) is 14.2. The van der Waals surface area contributed by atoms with Crippen LogP contribution in [-0.4, -0.2) is 46.9 Å². The summed E-state index contributed by atoms with van der Waals surface area (Å²) in [4.78, 5) is 29.9. The van der Waals surface area contributed by atoms with Crippen molar-refractivity contribution in [2.75, 3.05) is 31.1 Å². The number of pyridine rings is 1. The second-order valence-corrected chi connectivity index (χ2v) is 4.71. The highest BCUT2D eigenvalue weighted by Crippen LogP contribution is 2.17. The molecule has 7 heteroatoms. The summed E-state index contributed by atoms with van der Waals surface area (Å²) in [5.41, 5.74) is -0.00800. The second kappa shape index (κ2) is 6.31. The van der Waals surface area contributed by atoms with E-state index in [-0.39, 0.29) is 11.6 Å². The number of amides is 1. The Hall–Kier alpha value is -2.18. The van der Waals surface area contributed by atoms with Crippen LogP contribution in [0.1, 0.15) is 19.8 Å². The molecule has 0 spiro atoms. The molecule has 0 radical (unpaired) electrons. The molecule has 1 amide bonds. The van der Waals surface area contributed by atoms with Crippen molar-refractivity contribution >= 4 is 17.4 Å². The van der Waals surface area contributed by atoms with Crippen LogP contribution < -0.4 is 4.90 Å². The molecule has 108 valence electrons. The predicted octanol–water partition coefficient (Wildman–Crippen LogP) is 1.44. The molecular weight excluding hydrogens is 260 g/mol. The summed E-state index contributed by atoms with van der Waals surface area (Å²) in [6.45, 7) is 4.80. The summed E-state index contributed by atoms with van der Waals surface area (Å²) < 4.78 is 0. The standard InChI is InChI=1S/C13H18N4O3/c1-2-13(18)16-7-3-6-15(8-9-16)12-5-4-11(10-14-12)17(19)20/h4-5,10H,2-3,6-9H2,1H3. The van der Waals surface area contributed by atoms with Gasteiger partial charge in [0.15, 0.2) is 0 Å². The molecular formula is C13H18N4O3. The summed E-state index contributed by atoms with van der Waals surface area (Å²) in [5, 5.41) is 10.6. The molecule has 0 unspecified atom stereocenters. The Morgan fingerprint density at radius 1 is 1.35 bits per heavy atom. The van der Waals surface area contributed by atoms with Crippen molar-refractivity contribution < 1.29 is 9.72 Å². The zero-order valence-corrected chi connectivity index (χ0v) is 11.5. The quantitative estimate of drug-likeness (QED) is 0.617. The Kier molecular flexibility index (Phi) is 4.49. The third kappa shape index (κ3) is 3.23. The maximum atomic E-state index is 11.7. The minimum Gasteiger partial charge on any atom is -0.355 e. The lowest BCUT2D eigenvalue weighted by Gasteiger charge is -2.22. The van der Waals surface area contributed by atoms with Crippen LogP contribution >= 0.6 is 0 Å². The van der Waals surface area contributed by atoms with Crippen molar-refractivity contribution in [2.24, 2.45) is 0 Å². The van der Waals surface area contributed by atoms with Gasteiger partial charge < -0.3 is 9.80 Å². The van der Waals surface area contributed by atoms with Gasteiger partial charge in [0.2, 0.25) is 5.91 Å². The SMILES string of the molecule is CCC(=O)N1CCCN(c2ccc([N+](=O)[O-])cn2)CC1. The van der Waals surface area contributed by atoms with Crippen molar-refractivity contribution in [1.82, 2.24) is 9.88 Å². The largest absolute Gasteiger partial charge is 0.355 e. The van der Waals surface area contributed by atoms with Crippen LogP contribution in [0.15, 0.2) is 18.3 Å². The summed E-state index contributed by atoms with van der Waals surface area (Å²) in [7, 11) is 0. The number of anilines is 1. The second-order valence-electron chi connectivity index (χ2n) is 4.71. The highest BCUT2D eigenvalue weighted by Gasteiger charge is 2.19. The van der Waals surface area contributed by atoms with Gasteiger partial charge in [-0.25, -0.2) is 4.98 Å². The third-order valence-corrected chi connectivity index (χ3v) is 3.42. The number of hydrogen-bond donors (Lipinski definition) is 0. The van der Waals surface area contributed by atoms with Crippen molar-refractivity contribution in [3.8, 4) is 0 Å². The van der Waals surface area contributed by atoms with Gasteiger partial charge in [0.05, 0.1) is 4.92 Å². The first-order valence-electron chi connectivity index (χ1n) is 6.75. The van der Waals surface area contributed by atoms with Crippen LogP contribution in [0.25, 0.3) is 0 Å². The van der Waals surface area contributed by atoms with Crippen LogP contribution in [0, 0.1) is 10.1 Å². The van der Waals surface area contributed by atoms with Gasteiger partial charge in [-0.05, 0) is 12.5 Å². The molecule has 1 aliphatic rings. The van der Waals surface area contributed by atoms with Crippen molar-refractivity contribution in [2.45, 2.75) is 19.8 Å². The highest BCUT2D eigenvalue weighted by atomic mass is 16.6. The van der Waals surface area contributed by atoms with E-state index >= 15 is 0 Å². The molecule has 1 aliphatic heterocycles. The maximum Gasteiger partial charge on any atom is 0.287 e. The summed E-state index contributed by atoms with van der Waals surface area (Å²) in [6, 6.07) is 3.12. The van der Waals surface area contributed by atoms with Crippen LogP contribution in [0.2, 0.25) is 0 Å². The number of carbonyl (C=O) groups excluding carboxylic acids is 1. The fourth-order valence-electron chi connectivity index (χ4n) is 2.29. The van der Waals surface area contributed by atoms with E-state index in [1.165, 1.54) is 12.3 Å². The summed E-state index contributed by atoms with van der Waals surface area (Å²) >= 11 is 0. The lowest BCUT2D eigenvalue weighted by molar-refractivity contribution is -0.385. The molecule has 0 N–H and O–H groups in total. The van der Waals surface area contributed by atoms with E-state index in [1.807, 2.05) is 11.8 Å². The van der Waals surface area contributed by atoms with E-state index in [9.17, 15) is 14.9 Å². The Morgan fingerprint density at radius 3 is 2.75 bits per heavy atom. The van der Waals surface area contributed by atoms with Gasteiger partial charge in [0, 0.05) is 38.7 Å². The van der Waals surface area contributed by atoms with E-state index in [2.05, 4.69) is 9.88 Å². The lowest BCUT2D eigenvalue weighted by atomic mass is 10.3. The minimum atomic E-state index is -0.457. The van der Waals surface area contributed by atoms with E-state index in [4.69, 9.17) is 0 Å². The van der Waals surface area contributed by atoms with Crippen LogP contribution in [0.4, 0.5) is 11.5 Å². The van der Waals surface area contributed by atoms with Gasteiger partial charge in [-0.3, -0.25) is 14.9 Å². The normalized spacial score (nSPS) is 15.8. The molecule has 1 aromatic heterocycles. The average molecular weight is 278 g/mol. The van der Waals surface area contributed by atoms with Gasteiger partial charge in [0.25, 0.3) is 5.69 Å². The predicted molar refractivity (Wildman–Crippen MR) is 74.6 cm³/mol. The van der Waals surface area contributed by atoms with Crippen molar-refractivity contribution in [3.63, 3.8) is 0 Å². The Balaban J connectivity index is 2.03. The third-order valence-electron chi connectivity index (χ3n) is 3.42. The smallest absolute Gasteiger partial charge is 0.287 e. The number of nitrogens with zero attached hydrogens (tertiary/aromatic N) is 4. The average Bonchev–Trinajstić information content (AvgIpc) is 2.72. The molecule has 0 aliphatic carbocycles. The first-order valence-corrected chi connectivity index (χ1v) is 6.75. The van der Waals surface area contributed by atoms with Crippen LogP contribution in [-0.2, 0) is 4.79 Å². The first-order chi connectivity index (χ1) is 9.61. The molecule has 1 aromatic rings. The van der Waals surface area contributed by atoms with Gasteiger partial charge in [0.1, 0.15) is 12.0 Å². The minimum absolute atomic E-state index is 0.00800. The molecule has 1 fully saturated rings. The fraction of sp³-hybridized carbons (Fsp3) is 0.538. The van der Waals surface area contributed by atoms with Gasteiger partial charge >= 0.3 is 0 Å². The van der Waals surface area contributed by atoms with E-state index in [0.29, 0.717) is 19.5 Å². The van der Waals surface area contributed by atoms with E-state index in [0.717, 1.165) is 25.3 Å². The molecule has 2 rings (SSSR count). The van der Waals surface area contributed by atoms with Crippen LogP contribution in [0.5, 0.6) is 0 Å². The zero-order valence-electron chi connectivity index (χ0n) is 11.5. The van der Waals surface area contributed by atoms with Gasteiger partial charge in [-0.1, -0.05) is 6.92 Å². The highest BCUT2D eigenvalue weighted by molar-refractivity contribution is 5.75. The van der Waals surface area contributed by atoms with Crippen LogP contribution in [0.3, 0.4) is 0 Å². The number of rotatable bonds is 3. The maximum absolute atomic E-state index is 11.7. The van der Waals surface area contributed by atoms with Crippen molar-refractivity contribution in [3.05, 3.63) is 28.4 Å². The zero-order chi connectivity index (χ0) is 14.5. The number of carbonyl (C=O) groups is 1. The van der Waals surface area contributed by atoms with Crippen molar-refractivity contribution in [1.29, 1.82) is 0 Å². The van der Waals surface area contributed by atoms with E-state index in [1.54, 1.807) is 6.07 Å². The molecule has 7 nitrogen and oxygen atoms in total. The van der Waals surface area contributed by atoms with E-state index < -0.39 is 4.92 Å². The number of nitro groups is 1. The molecule has 20 heavy (non-hydrogen) atoms. The lowest BCUT2D eigenvalue weighted by Crippen LogP contribution is -2.34. The molecule has 0 aromatic carbocycles. The number of hydrogen-bond acceptors (Lipinski definition) is 5. The molecule has 1 saturated heterocycles. The molecule has 0 atom stereocenters. The Labute approximate surface area is 117 Å². The summed E-state index contributed by atoms with van der Waals surface area (Å²) in [5.74, 6) is 0.893. The van der Waals surface area contributed by atoms with Gasteiger partial charge in [-0.2, -0.15) is 0 Å². The molecule has 0 saturated carbocycles.